The molecule has 1 aromatic heterocycles. The van der Waals surface area contributed by atoms with Gasteiger partial charge in [-0.1, -0.05) is 137 Å². The van der Waals surface area contributed by atoms with Gasteiger partial charge in [0.15, 0.2) is 0 Å². The van der Waals surface area contributed by atoms with E-state index in [2.05, 4.69) is 83.1 Å². The number of carbonyl (C=O) groups excluding carboxylic acids is 10. The van der Waals surface area contributed by atoms with Crippen LogP contribution < -0.4 is 72.0 Å². The molecule has 0 aliphatic heterocycles. The third-order valence-electron chi connectivity index (χ3n) is 16.6. The number of primary amides is 4. The Hall–Kier alpha value is -6.57. The maximum absolute atomic E-state index is 13.6. The number of pyridine rings is 1. The number of rotatable bonds is 39. The van der Waals surface area contributed by atoms with Crippen molar-refractivity contribution in [2.75, 3.05) is 59.6 Å². The first-order valence-corrected chi connectivity index (χ1v) is 42.6. The molecule has 3 rings (SSSR count). The minimum Gasteiger partial charge on any atom is -0.454 e. The lowest BCUT2D eigenvalue weighted by Crippen LogP contribution is -2.56. The fraction of sp³-hybridized carbons (Fsp3) is 0.731. The second kappa shape index (κ2) is 54.1. The van der Waals surface area contributed by atoms with E-state index in [0.717, 1.165) is 51.4 Å². The molecule has 2 fully saturated rings. The number of carbonyl (C=O) groups is 10. The van der Waals surface area contributed by atoms with Crippen molar-refractivity contribution in [2.24, 2.45) is 84.0 Å². The van der Waals surface area contributed by atoms with Crippen LogP contribution >= 0.6 is 40.1 Å². The summed E-state index contributed by atoms with van der Waals surface area (Å²) < 4.78 is 13.2. The maximum atomic E-state index is 13.6. The number of guanidine groups is 3. The van der Waals surface area contributed by atoms with Gasteiger partial charge >= 0.3 is 0 Å². The highest BCUT2D eigenvalue weighted by atomic mass is 79.9. The van der Waals surface area contributed by atoms with Crippen LogP contribution in [-0.2, 0) is 43.2 Å². The Labute approximate surface area is 612 Å². The second-order valence-electron chi connectivity index (χ2n) is 26.1. The number of nitrogens with one attached hydrogen (secondary N) is 6. The van der Waals surface area contributed by atoms with Crippen molar-refractivity contribution in [1.82, 2.24) is 36.9 Å². The van der Waals surface area contributed by atoms with Gasteiger partial charge in [0, 0.05) is 52.5 Å². The monoisotopic (exact) mass is 1540 g/mol. The summed E-state index contributed by atoms with van der Waals surface area (Å²) in [6.07, 6.45) is 20.6. The number of nitrogens with zero attached hydrogens (tertiary/aromatic N) is 7. The molecule has 0 spiro atoms. The van der Waals surface area contributed by atoms with Gasteiger partial charge in [0.1, 0.15) is 36.3 Å². The fourth-order valence-electron chi connectivity index (χ4n) is 10.5. The quantitative estimate of drug-likeness (QED) is 0.0135. The van der Waals surface area contributed by atoms with E-state index >= 15 is 0 Å². The SMILES string of the molecule is CC[C@H](C)C(N)=O.CC[C@H](NC(=O)[C@@H](C)CCC[N-]C(N)=NP(C)C)C(N)=O.CC[C@H](NC(=O)[C@H](CCC[N-]C(N)=NP(C)C)NC(=O)[C@@H](C)CC1CCCCC1)C(N)=O.CC[C@H](NC(=O)[C@H](CCC[N-]C(N)=NP(C)C)NC(=O)[C@H](CC1CCCCC1)NC(=O)c1cncc(Br)c1)C(N)=O. The second-order valence-corrected chi connectivity index (χ2v) is 32.7. The number of amides is 10. The Bertz CT molecular complexity index is 2780. The van der Waals surface area contributed by atoms with E-state index in [-0.39, 0.29) is 59.7 Å². The Balaban J connectivity index is 0.00000148. The van der Waals surface area contributed by atoms with Crippen LogP contribution in [0.2, 0.25) is 0 Å². The Morgan fingerprint density at radius 3 is 1.14 bits per heavy atom. The summed E-state index contributed by atoms with van der Waals surface area (Å²) in [5.41, 5.74) is 38.5. The van der Waals surface area contributed by atoms with Crippen molar-refractivity contribution < 1.29 is 47.9 Å². The lowest BCUT2D eigenvalue weighted by molar-refractivity contribution is -0.133. The molecule has 10 amide bonds. The Kier molecular flexibility index (Phi) is 50.6. The molecule has 2 aliphatic carbocycles. The Morgan fingerprint density at radius 1 is 0.446 bits per heavy atom. The van der Waals surface area contributed by atoms with E-state index in [0.29, 0.717) is 92.9 Å². The van der Waals surface area contributed by atoms with Crippen LogP contribution in [-0.4, -0.2) is 178 Å². The molecule has 20 N–H and O–H groups in total. The average Bonchev–Trinajstić information content (AvgIpc) is 0.860. The van der Waals surface area contributed by atoms with Gasteiger partial charge in [-0.3, -0.25) is 52.9 Å². The van der Waals surface area contributed by atoms with Crippen molar-refractivity contribution in [3.8, 4) is 0 Å². The summed E-state index contributed by atoms with van der Waals surface area (Å²) in [6, 6.07) is -3.20. The third-order valence-corrected chi connectivity index (χ3v) is 18.8. The summed E-state index contributed by atoms with van der Waals surface area (Å²) in [4.78, 5) is 126. The lowest BCUT2D eigenvalue weighted by atomic mass is 9.83. The molecule has 0 bridgehead atoms. The first kappa shape index (κ1) is 94.4. The fourth-order valence-corrected chi connectivity index (χ4v) is 12.3. The third kappa shape index (κ3) is 44.5. The van der Waals surface area contributed by atoms with Crippen LogP contribution in [0.1, 0.15) is 200 Å². The summed E-state index contributed by atoms with van der Waals surface area (Å²) in [5, 5.41) is 29.1. The summed E-state index contributed by atoms with van der Waals surface area (Å²) >= 11 is 3.32. The minimum atomic E-state index is -0.975. The average molecular weight is 1540 g/mol. The zero-order chi connectivity index (χ0) is 76.7. The van der Waals surface area contributed by atoms with Crippen LogP contribution in [0.4, 0.5) is 0 Å². The molecule has 30 nitrogen and oxygen atoms in total. The minimum absolute atomic E-state index is 0.0417. The molecule has 2 aliphatic rings. The summed E-state index contributed by atoms with van der Waals surface area (Å²) in [7, 11) is -1.56. The highest BCUT2D eigenvalue weighted by Crippen LogP contribution is 2.31. The van der Waals surface area contributed by atoms with Gasteiger partial charge in [-0.15, -0.1) is 0 Å². The Morgan fingerprint density at radius 2 is 0.792 bits per heavy atom. The largest absolute Gasteiger partial charge is 0.454 e. The van der Waals surface area contributed by atoms with E-state index in [9.17, 15) is 47.9 Å². The van der Waals surface area contributed by atoms with Crippen molar-refractivity contribution in [3.63, 3.8) is 0 Å². The molecule has 9 atom stereocenters. The van der Waals surface area contributed by atoms with Crippen LogP contribution in [0.5, 0.6) is 0 Å². The molecule has 101 heavy (non-hydrogen) atoms. The van der Waals surface area contributed by atoms with E-state index in [1.807, 2.05) is 67.7 Å². The summed E-state index contributed by atoms with van der Waals surface area (Å²) in [6.45, 7) is 25.9. The highest BCUT2D eigenvalue weighted by molar-refractivity contribution is 9.10. The van der Waals surface area contributed by atoms with Gasteiger partial charge in [0.2, 0.25) is 53.2 Å². The summed E-state index contributed by atoms with van der Waals surface area (Å²) in [5.74, 6) is -2.81. The van der Waals surface area contributed by atoms with Crippen molar-refractivity contribution in [1.29, 1.82) is 0 Å². The van der Waals surface area contributed by atoms with Gasteiger partial charge in [0.25, 0.3) is 5.91 Å². The lowest BCUT2D eigenvalue weighted by Gasteiger charge is -2.28. The number of aromatic nitrogens is 1. The number of halogens is 1. The van der Waals surface area contributed by atoms with Crippen molar-refractivity contribution >= 4 is 117 Å². The zero-order valence-electron chi connectivity index (χ0n) is 62.2. The molecular formula is C67H123BrN20O10P3-3. The molecule has 576 valence electrons. The van der Waals surface area contributed by atoms with E-state index in [1.165, 1.54) is 38.3 Å². The van der Waals surface area contributed by atoms with Gasteiger partial charge in [-0.05, 0) is 171 Å². The van der Waals surface area contributed by atoms with Crippen LogP contribution in [0, 0.1) is 29.6 Å². The smallest absolute Gasteiger partial charge is 0.253 e. The molecular weight excluding hydrogens is 1420 g/mol. The number of hydrogen-bond donors (Lipinski definition) is 13. The zero-order valence-corrected chi connectivity index (χ0v) is 66.5. The number of nitrogens with two attached hydrogens (primary N) is 7. The predicted octanol–water partition coefficient (Wildman–Crippen LogP) is 7.13. The topological polar surface area (TPSA) is 517 Å². The first-order chi connectivity index (χ1) is 47.6. The van der Waals surface area contributed by atoms with Gasteiger partial charge in [-0.25, -0.2) is 0 Å². The van der Waals surface area contributed by atoms with E-state index in [4.69, 9.17) is 40.1 Å². The predicted molar refractivity (Wildman–Crippen MR) is 414 cm³/mol. The molecule has 34 heteroatoms. The first-order valence-electron chi connectivity index (χ1n) is 35.3. The molecule has 1 heterocycles. The normalized spacial score (nSPS) is 16.3. The molecule has 0 unspecified atom stereocenters. The van der Waals surface area contributed by atoms with Gasteiger partial charge in [-0.2, -0.15) is 0 Å². The van der Waals surface area contributed by atoms with Gasteiger partial charge < -0.3 is 102 Å². The van der Waals surface area contributed by atoms with E-state index in [1.54, 1.807) is 33.0 Å². The molecule has 0 radical (unpaired) electrons. The van der Waals surface area contributed by atoms with Crippen LogP contribution in [0.3, 0.4) is 0 Å². The van der Waals surface area contributed by atoms with Crippen molar-refractivity contribution in [3.05, 3.63) is 44.4 Å². The molecule has 0 saturated heterocycles. The van der Waals surface area contributed by atoms with Gasteiger partial charge in [0.05, 0.1) is 5.56 Å². The number of hydrogen-bond acceptors (Lipinski definition) is 14. The van der Waals surface area contributed by atoms with Crippen LogP contribution in [0.15, 0.2) is 37.2 Å². The highest BCUT2D eigenvalue weighted by Gasteiger charge is 2.32. The van der Waals surface area contributed by atoms with Crippen LogP contribution in [0.25, 0.3) is 16.0 Å². The standard InChI is InChI=1S/C27H44BrN8O4P.C22H43N6O3P.C13H28N5O2P.C5H11NO/c1-4-20(23(29)37)33-25(39)21(11-8-12-32-27(30)36-41(2)3)34-26(40)22(13-17-9-6-5-7-10-17)35-24(38)18-14-19(28)16-31-15-18;1-5-17(19(23)29)26-21(31)18(12-9-13-25-22(24)28-32(3)4)27-20(30)15(2)14-16-10-7-6-8-11-16;1-5-10(11(14)19)17-12(20)9(2)7-6-8-16-13(15)18-21(3)4;1-3-4(2)5(6)7/h14-17,20-22H,4-13H2,1-3H3,(H8,29,30,32,33,34,35,36,37,38,39,40);15-18H,5-14H2,1-4H3,(H7,23,24,25,26,27,28,29,30,31);9-10H,5-8H2,1-4H3,(H6,14,15,16,17,18,19,20);4H,3H2,1-2H3,(H2,6,7)/p-3/t20-,21-,22-;15-,17-,18-;9-,10-;4-/m0000/s1. The van der Waals surface area contributed by atoms with E-state index < -0.39 is 102 Å². The molecule has 1 aromatic rings. The maximum Gasteiger partial charge on any atom is 0.253 e. The molecule has 0 aromatic carbocycles. The molecule has 2 saturated carbocycles. The van der Waals surface area contributed by atoms with Crippen molar-refractivity contribution in [2.45, 2.75) is 226 Å².